The average molecular weight is 550 g/mol. The van der Waals surface area contributed by atoms with E-state index in [2.05, 4.69) is 22.0 Å². The Balaban J connectivity index is 1.65. The molecule has 0 unspecified atom stereocenters. The Morgan fingerprint density at radius 3 is 2.48 bits per heavy atom. The maximum atomic E-state index is 13.4. The van der Waals surface area contributed by atoms with Gasteiger partial charge in [-0.3, -0.25) is 14.4 Å². The van der Waals surface area contributed by atoms with Gasteiger partial charge in [0.05, 0.1) is 39.6 Å². The van der Waals surface area contributed by atoms with Crippen molar-refractivity contribution in [3.05, 3.63) is 57.3 Å². The number of hydrogen-bond donors (Lipinski definition) is 3. The molecule has 4 rings (SSSR count). The van der Waals surface area contributed by atoms with Crippen LogP contribution in [0, 0.1) is 0 Å². The number of aryl methyl sites for hydroxylation is 1. The molecule has 0 spiro atoms. The number of amides is 2. The first-order chi connectivity index (χ1) is 19.4. The molecule has 2 aliphatic carbocycles. The molecule has 1 atom stereocenters. The highest BCUT2D eigenvalue weighted by atomic mass is 16.5. The normalized spacial score (nSPS) is 15.9. The third-order valence-electron chi connectivity index (χ3n) is 7.51. The van der Waals surface area contributed by atoms with E-state index in [-0.39, 0.29) is 23.8 Å². The minimum absolute atomic E-state index is 0.0248. The molecule has 9 nitrogen and oxygen atoms in total. The number of methoxy groups -OCH3 is 3. The van der Waals surface area contributed by atoms with Gasteiger partial charge in [0, 0.05) is 19.0 Å². The molecule has 2 amide bonds. The number of allylic oxidation sites excluding steroid dienone is 1. The van der Waals surface area contributed by atoms with Crippen LogP contribution in [0.3, 0.4) is 0 Å². The molecule has 0 aliphatic heterocycles. The van der Waals surface area contributed by atoms with E-state index < -0.39 is 6.04 Å². The molecule has 40 heavy (non-hydrogen) atoms. The molecule has 2 aliphatic rings. The zero-order valence-corrected chi connectivity index (χ0v) is 23.8. The second-order valence-corrected chi connectivity index (χ2v) is 10.2. The van der Waals surface area contributed by atoms with Crippen LogP contribution in [0.25, 0.3) is 11.1 Å². The van der Waals surface area contributed by atoms with Gasteiger partial charge in [0.25, 0.3) is 0 Å². The number of anilines is 1. The second-order valence-electron chi connectivity index (χ2n) is 10.2. The average Bonchev–Trinajstić information content (AvgIpc) is 3.19. The summed E-state index contributed by atoms with van der Waals surface area (Å²) in [4.78, 5) is 38.0. The van der Waals surface area contributed by atoms with Crippen molar-refractivity contribution in [3.8, 4) is 28.4 Å². The lowest BCUT2D eigenvalue weighted by Crippen LogP contribution is -2.31. The van der Waals surface area contributed by atoms with E-state index in [0.29, 0.717) is 47.9 Å². The number of hydrogen-bond acceptors (Lipinski definition) is 7. The van der Waals surface area contributed by atoms with Crippen molar-refractivity contribution in [2.45, 2.75) is 57.9 Å². The van der Waals surface area contributed by atoms with Crippen LogP contribution in [0.1, 0.15) is 62.6 Å². The van der Waals surface area contributed by atoms with Crippen LogP contribution < -0.4 is 35.6 Å². The van der Waals surface area contributed by atoms with E-state index in [4.69, 9.17) is 14.2 Å². The Hall–Kier alpha value is -4.01. The molecular formula is C31H39N3O6. The monoisotopic (exact) mass is 549 g/mol. The molecule has 0 heterocycles. The van der Waals surface area contributed by atoms with Gasteiger partial charge in [-0.15, -0.1) is 0 Å². The summed E-state index contributed by atoms with van der Waals surface area (Å²) in [5.74, 6) is 1.10. The van der Waals surface area contributed by atoms with Crippen molar-refractivity contribution in [1.82, 2.24) is 10.6 Å². The van der Waals surface area contributed by atoms with E-state index in [1.807, 2.05) is 12.1 Å². The Labute approximate surface area is 235 Å². The topological polar surface area (TPSA) is 115 Å². The summed E-state index contributed by atoms with van der Waals surface area (Å²) in [6, 6.07) is 6.56. The molecule has 2 aromatic carbocycles. The van der Waals surface area contributed by atoms with E-state index in [9.17, 15) is 14.4 Å². The molecule has 2 aromatic rings. The van der Waals surface area contributed by atoms with Crippen LogP contribution in [0.5, 0.6) is 17.2 Å². The number of ether oxygens (including phenoxy) is 3. The van der Waals surface area contributed by atoms with Crippen molar-refractivity contribution in [1.29, 1.82) is 0 Å². The number of nitrogens with one attached hydrogen (secondary N) is 3. The fourth-order valence-corrected chi connectivity index (χ4v) is 5.59. The highest BCUT2D eigenvalue weighted by Crippen LogP contribution is 2.50. The summed E-state index contributed by atoms with van der Waals surface area (Å²) in [6.07, 6.45) is 8.98. The third kappa shape index (κ3) is 6.58. The van der Waals surface area contributed by atoms with Gasteiger partial charge in [-0.05, 0) is 79.8 Å². The quantitative estimate of drug-likeness (QED) is 0.379. The van der Waals surface area contributed by atoms with Crippen LogP contribution in [-0.4, -0.2) is 46.2 Å². The van der Waals surface area contributed by atoms with E-state index >= 15 is 0 Å². The molecule has 0 radical (unpaired) electrons. The minimum atomic E-state index is -0.396. The summed E-state index contributed by atoms with van der Waals surface area (Å²) in [6.45, 7) is 2.01. The maximum Gasteiger partial charge on any atom is 0.239 e. The Morgan fingerprint density at radius 1 is 1.00 bits per heavy atom. The zero-order chi connectivity index (χ0) is 28.6. The summed E-state index contributed by atoms with van der Waals surface area (Å²) < 4.78 is 17.0. The van der Waals surface area contributed by atoms with Crippen LogP contribution in [0.15, 0.2) is 40.7 Å². The van der Waals surface area contributed by atoms with Gasteiger partial charge in [0.15, 0.2) is 11.5 Å². The van der Waals surface area contributed by atoms with Crippen molar-refractivity contribution in [2.75, 3.05) is 39.7 Å². The maximum absolute atomic E-state index is 13.4. The highest BCUT2D eigenvalue weighted by Gasteiger charge is 2.29. The van der Waals surface area contributed by atoms with Gasteiger partial charge < -0.3 is 30.2 Å². The van der Waals surface area contributed by atoms with Crippen LogP contribution in [0.4, 0.5) is 5.69 Å². The molecule has 214 valence electrons. The predicted octanol–water partition coefficient (Wildman–Crippen LogP) is 4.28. The number of fused-ring (bicyclic) bond motifs is 3. The number of rotatable bonds is 10. The standard InChI is InChI=1S/C31H39N3O6/c1-19(35)34-24-12-10-21-16-27(38-2)30(39-3)31(40-4)29(21)22-11-13-25(26(36)17-23(22)24)33-18-28(37)32-15-14-20-8-6-5-7-9-20/h8,11,13,16-17,24H,5-7,9-10,12,14-15,18H2,1-4H3,(H,32,37)(H,33,36)(H,34,35)/t24-/m0/s1. The molecule has 0 saturated carbocycles. The Morgan fingerprint density at radius 2 is 1.80 bits per heavy atom. The first kappa shape index (κ1) is 29.0. The fraction of sp³-hybridized carbons (Fsp3) is 0.452. The van der Waals surface area contributed by atoms with Gasteiger partial charge in [0.1, 0.15) is 0 Å². The predicted molar refractivity (Wildman–Crippen MR) is 155 cm³/mol. The zero-order valence-electron chi connectivity index (χ0n) is 23.8. The molecule has 9 heteroatoms. The molecule has 0 saturated heterocycles. The highest BCUT2D eigenvalue weighted by molar-refractivity contribution is 5.84. The number of carbonyl (C=O) groups is 2. The number of carbonyl (C=O) groups excluding carboxylic acids is 2. The first-order valence-electron chi connectivity index (χ1n) is 13.8. The summed E-state index contributed by atoms with van der Waals surface area (Å²) >= 11 is 0. The molecular weight excluding hydrogens is 510 g/mol. The minimum Gasteiger partial charge on any atom is -0.493 e. The SMILES string of the molecule is COc1cc2c(c(OC)c1OC)-c1ccc(NCC(=O)NCCC3=CCCCC3)c(=O)cc1[C@@H](NC(C)=O)CC2. The van der Waals surface area contributed by atoms with E-state index in [1.54, 1.807) is 27.4 Å². The lowest BCUT2D eigenvalue weighted by Gasteiger charge is -2.19. The largest absolute Gasteiger partial charge is 0.493 e. The molecule has 0 bridgehead atoms. The van der Waals surface area contributed by atoms with Gasteiger partial charge in [-0.1, -0.05) is 17.7 Å². The van der Waals surface area contributed by atoms with E-state index in [0.717, 1.165) is 36.0 Å². The van der Waals surface area contributed by atoms with Gasteiger partial charge in [-0.25, -0.2) is 0 Å². The lowest BCUT2D eigenvalue weighted by molar-refractivity contribution is -0.120. The smallest absolute Gasteiger partial charge is 0.239 e. The van der Waals surface area contributed by atoms with Crippen LogP contribution in [-0.2, 0) is 16.0 Å². The fourth-order valence-electron chi connectivity index (χ4n) is 5.59. The van der Waals surface area contributed by atoms with Crippen molar-refractivity contribution in [2.24, 2.45) is 0 Å². The summed E-state index contributed by atoms with van der Waals surface area (Å²) in [5, 5.41) is 8.94. The van der Waals surface area contributed by atoms with Crippen molar-refractivity contribution < 1.29 is 23.8 Å². The number of benzene rings is 1. The second kappa shape index (κ2) is 13.4. The summed E-state index contributed by atoms with van der Waals surface area (Å²) in [7, 11) is 4.68. The Kier molecular flexibility index (Phi) is 9.69. The van der Waals surface area contributed by atoms with E-state index in [1.165, 1.54) is 31.4 Å². The van der Waals surface area contributed by atoms with Crippen molar-refractivity contribution in [3.63, 3.8) is 0 Å². The molecule has 0 aromatic heterocycles. The van der Waals surface area contributed by atoms with Gasteiger partial charge >= 0.3 is 0 Å². The molecule has 0 fully saturated rings. The van der Waals surface area contributed by atoms with Crippen LogP contribution >= 0.6 is 0 Å². The Bertz CT molecular complexity index is 1350. The van der Waals surface area contributed by atoms with Crippen LogP contribution in [0.2, 0.25) is 0 Å². The molecule has 3 N–H and O–H groups in total. The van der Waals surface area contributed by atoms with Crippen molar-refractivity contribution >= 4 is 17.5 Å². The third-order valence-corrected chi connectivity index (χ3v) is 7.51. The first-order valence-corrected chi connectivity index (χ1v) is 13.8. The van der Waals surface area contributed by atoms with Gasteiger partial charge in [0.2, 0.25) is 23.0 Å². The summed E-state index contributed by atoms with van der Waals surface area (Å²) in [5.41, 5.74) is 4.54. The lowest BCUT2D eigenvalue weighted by atomic mass is 9.95. The van der Waals surface area contributed by atoms with Gasteiger partial charge in [-0.2, -0.15) is 0 Å².